The monoisotopic (exact) mass is 454 g/mol. The van der Waals surface area contributed by atoms with E-state index >= 15 is 0 Å². The largest absolute Gasteiger partial charge is 0.324 e. The highest BCUT2D eigenvalue weighted by atomic mass is 16.2. The molecule has 2 fully saturated rings. The van der Waals surface area contributed by atoms with Gasteiger partial charge in [0.1, 0.15) is 0 Å². The number of amides is 4. The third-order valence-electron chi connectivity index (χ3n) is 6.86. The first-order valence-electron chi connectivity index (χ1n) is 12.0. The van der Waals surface area contributed by atoms with E-state index in [1.54, 1.807) is 0 Å². The molecule has 3 aromatic rings. The fourth-order valence-corrected chi connectivity index (χ4v) is 4.96. The van der Waals surface area contributed by atoms with Crippen molar-refractivity contribution >= 4 is 23.4 Å². The zero-order valence-electron chi connectivity index (χ0n) is 19.2. The van der Waals surface area contributed by atoms with Crippen molar-refractivity contribution in [2.75, 3.05) is 36.8 Å². The lowest BCUT2D eigenvalue weighted by molar-refractivity contribution is 0.221. The van der Waals surface area contributed by atoms with E-state index in [1.807, 2.05) is 70.5 Å². The Balaban J connectivity index is 1.15. The predicted molar refractivity (Wildman–Crippen MR) is 135 cm³/mol. The van der Waals surface area contributed by atoms with Crippen LogP contribution in [0.5, 0.6) is 0 Å². The summed E-state index contributed by atoms with van der Waals surface area (Å²) in [7, 11) is 0. The molecular formula is C28H30N4O2. The first kappa shape index (κ1) is 22.0. The molecule has 0 aliphatic carbocycles. The Morgan fingerprint density at radius 2 is 1.06 bits per heavy atom. The number of anilines is 2. The van der Waals surface area contributed by atoms with E-state index in [4.69, 9.17) is 0 Å². The number of nitrogens with zero attached hydrogens (tertiary/aromatic N) is 2. The molecule has 2 saturated heterocycles. The Labute approximate surface area is 200 Å². The molecule has 6 heteroatoms. The minimum atomic E-state index is -0.104. The molecule has 0 saturated carbocycles. The van der Waals surface area contributed by atoms with Gasteiger partial charge in [-0.25, -0.2) is 9.59 Å². The molecule has 174 valence electrons. The summed E-state index contributed by atoms with van der Waals surface area (Å²) in [5.74, 6) is 0.746. The highest BCUT2D eigenvalue weighted by Crippen LogP contribution is 2.29. The zero-order chi connectivity index (χ0) is 23.3. The van der Waals surface area contributed by atoms with Crippen LogP contribution in [-0.4, -0.2) is 48.0 Å². The number of likely N-dealkylation sites (tertiary alicyclic amines) is 2. The molecule has 34 heavy (non-hydrogen) atoms. The van der Waals surface area contributed by atoms with Gasteiger partial charge in [-0.2, -0.15) is 0 Å². The van der Waals surface area contributed by atoms with Crippen molar-refractivity contribution in [3.63, 3.8) is 0 Å². The Morgan fingerprint density at radius 3 is 1.50 bits per heavy atom. The summed E-state index contributed by atoms with van der Waals surface area (Å²) in [6.07, 6.45) is 1.93. The molecule has 4 amide bonds. The molecule has 6 nitrogen and oxygen atoms in total. The second kappa shape index (κ2) is 10.00. The zero-order valence-corrected chi connectivity index (χ0v) is 19.2. The Morgan fingerprint density at radius 1 is 0.618 bits per heavy atom. The van der Waals surface area contributed by atoms with Gasteiger partial charge in [0.25, 0.3) is 0 Å². The van der Waals surface area contributed by atoms with Gasteiger partial charge in [0.2, 0.25) is 0 Å². The average molecular weight is 455 g/mol. The van der Waals surface area contributed by atoms with Crippen LogP contribution in [0.1, 0.15) is 35.8 Å². The van der Waals surface area contributed by atoms with Crippen LogP contribution < -0.4 is 10.6 Å². The number of carbonyl (C=O) groups is 2. The van der Waals surface area contributed by atoms with E-state index in [9.17, 15) is 9.59 Å². The maximum absolute atomic E-state index is 12.8. The fraction of sp³-hybridized carbons (Fsp3) is 0.286. The van der Waals surface area contributed by atoms with E-state index in [1.165, 1.54) is 11.1 Å². The third-order valence-corrected chi connectivity index (χ3v) is 6.86. The van der Waals surface area contributed by atoms with Crippen molar-refractivity contribution in [3.05, 3.63) is 96.1 Å². The quantitative estimate of drug-likeness (QED) is 0.529. The number of urea groups is 2. The lowest BCUT2D eigenvalue weighted by atomic mass is 9.99. The molecule has 0 bridgehead atoms. The normalized spacial score (nSPS) is 19.8. The highest BCUT2D eigenvalue weighted by Gasteiger charge is 2.28. The number of nitrogens with one attached hydrogen (secondary N) is 2. The Hall–Kier alpha value is -3.80. The number of hydrogen-bond donors (Lipinski definition) is 2. The van der Waals surface area contributed by atoms with E-state index in [2.05, 4.69) is 34.9 Å². The van der Waals surface area contributed by atoms with Crippen LogP contribution in [0.4, 0.5) is 21.0 Å². The van der Waals surface area contributed by atoms with Gasteiger partial charge < -0.3 is 20.4 Å². The number of hydrogen-bond acceptors (Lipinski definition) is 2. The van der Waals surface area contributed by atoms with Gasteiger partial charge >= 0.3 is 12.1 Å². The fourth-order valence-electron chi connectivity index (χ4n) is 4.96. The second-order valence-corrected chi connectivity index (χ2v) is 9.13. The van der Waals surface area contributed by atoms with Crippen LogP contribution in [0.2, 0.25) is 0 Å². The van der Waals surface area contributed by atoms with Gasteiger partial charge in [-0.05, 0) is 42.2 Å². The first-order valence-corrected chi connectivity index (χ1v) is 12.0. The highest BCUT2D eigenvalue weighted by molar-refractivity contribution is 5.93. The summed E-state index contributed by atoms with van der Waals surface area (Å²) in [5.41, 5.74) is 3.90. The molecule has 2 aliphatic heterocycles. The van der Waals surface area contributed by atoms with Crippen LogP contribution in [0, 0.1) is 0 Å². The van der Waals surface area contributed by atoms with Gasteiger partial charge in [-0.3, -0.25) is 0 Å². The summed E-state index contributed by atoms with van der Waals surface area (Å²) in [6, 6.07) is 27.8. The lowest BCUT2D eigenvalue weighted by Crippen LogP contribution is -2.33. The predicted octanol–water partition coefficient (Wildman–Crippen LogP) is 5.73. The molecule has 2 heterocycles. The maximum atomic E-state index is 12.8. The van der Waals surface area contributed by atoms with Crippen molar-refractivity contribution in [1.29, 1.82) is 0 Å². The van der Waals surface area contributed by atoms with Gasteiger partial charge in [0.15, 0.2) is 0 Å². The molecule has 0 spiro atoms. The van der Waals surface area contributed by atoms with Crippen LogP contribution in [0.25, 0.3) is 0 Å². The smallest absolute Gasteiger partial charge is 0.321 e. The van der Waals surface area contributed by atoms with Gasteiger partial charge in [0.05, 0.1) is 0 Å². The third kappa shape index (κ3) is 5.06. The van der Waals surface area contributed by atoms with E-state index in [-0.39, 0.29) is 12.1 Å². The summed E-state index contributed by atoms with van der Waals surface area (Å²) in [4.78, 5) is 29.4. The number of carbonyl (C=O) groups excluding carboxylic acids is 2. The lowest BCUT2D eigenvalue weighted by Gasteiger charge is -2.19. The molecule has 5 rings (SSSR count). The molecule has 3 aromatic carbocycles. The second-order valence-electron chi connectivity index (χ2n) is 9.13. The summed E-state index contributed by atoms with van der Waals surface area (Å²) < 4.78 is 0. The summed E-state index contributed by atoms with van der Waals surface area (Å²) >= 11 is 0. The van der Waals surface area contributed by atoms with Gasteiger partial charge in [-0.1, -0.05) is 66.7 Å². The van der Waals surface area contributed by atoms with Crippen molar-refractivity contribution in [1.82, 2.24) is 9.80 Å². The van der Waals surface area contributed by atoms with Gasteiger partial charge in [0, 0.05) is 49.4 Å². The van der Waals surface area contributed by atoms with Crippen molar-refractivity contribution in [3.8, 4) is 0 Å². The van der Waals surface area contributed by atoms with Crippen LogP contribution in [0.15, 0.2) is 84.9 Å². The summed E-state index contributed by atoms with van der Waals surface area (Å²) in [5, 5.41) is 5.98. The molecule has 0 aromatic heterocycles. The summed E-state index contributed by atoms with van der Waals surface area (Å²) in [6.45, 7) is 2.90. The van der Waals surface area contributed by atoms with Crippen LogP contribution >= 0.6 is 0 Å². The molecule has 0 unspecified atom stereocenters. The first-order chi connectivity index (χ1) is 16.7. The van der Waals surface area contributed by atoms with Crippen molar-refractivity contribution in [2.24, 2.45) is 0 Å². The van der Waals surface area contributed by atoms with Gasteiger partial charge in [-0.15, -0.1) is 0 Å². The molecule has 2 aliphatic rings. The standard InChI is InChI=1S/C28H30N4O2/c33-27(31-16-14-23(19-31)21-8-3-1-4-9-21)29-25-12-7-13-26(18-25)30-28(34)32-17-15-24(20-32)22-10-5-2-6-11-22/h1-13,18,23-24H,14-17,19-20H2,(H,29,33)(H,30,34)/t23-,24-/m1/s1. The molecule has 2 N–H and O–H groups in total. The number of benzene rings is 3. The molecule has 0 radical (unpaired) electrons. The van der Waals surface area contributed by atoms with Crippen molar-refractivity contribution in [2.45, 2.75) is 24.7 Å². The van der Waals surface area contributed by atoms with Crippen LogP contribution in [0.3, 0.4) is 0 Å². The van der Waals surface area contributed by atoms with E-state index in [0.717, 1.165) is 25.9 Å². The molecule has 2 atom stereocenters. The minimum Gasteiger partial charge on any atom is -0.324 e. The minimum absolute atomic E-state index is 0.104. The Kier molecular flexibility index (Phi) is 6.47. The van der Waals surface area contributed by atoms with Crippen molar-refractivity contribution < 1.29 is 9.59 Å². The average Bonchev–Trinajstić information content (AvgIpc) is 3.56. The SMILES string of the molecule is O=C(Nc1cccc(NC(=O)N2CC[C@@H](c3ccccc3)C2)c1)N1CC[C@@H](c2ccccc2)C1. The van der Waals surface area contributed by atoms with E-state index < -0.39 is 0 Å². The topological polar surface area (TPSA) is 64.7 Å². The van der Waals surface area contributed by atoms with Crippen LogP contribution in [-0.2, 0) is 0 Å². The molecular weight excluding hydrogens is 424 g/mol. The Bertz CT molecular complexity index is 1050. The van der Waals surface area contributed by atoms with E-state index in [0.29, 0.717) is 36.3 Å². The number of rotatable bonds is 4. The maximum Gasteiger partial charge on any atom is 0.321 e.